The van der Waals surface area contributed by atoms with Crippen LogP contribution in [0, 0.1) is 0 Å². The van der Waals surface area contributed by atoms with Crippen LogP contribution in [0.4, 0.5) is 0 Å². The number of nitrogens with one attached hydrogen (secondary N) is 2. The van der Waals surface area contributed by atoms with E-state index in [0.29, 0.717) is 16.4 Å². The Labute approximate surface area is 190 Å². The molecular weight excluding hydrogens is 446 g/mol. The second-order valence-electron chi connectivity index (χ2n) is 7.04. The highest BCUT2D eigenvalue weighted by Gasteiger charge is 2.18. The predicted octanol–water partition coefficient (Wildman–Crippen LogP) is 5.91. The van der Waals surface area contributed by atoms with Gasteiger partial charge in [-0.1, -0.05) is 49.0 Å². The lowest BCUT2D eigenvalue weighted by Crippen LogP contribution is -2.12. The fraction of sp³-hybridized carbons (Fsp3) is 0.182. The van der Waals surface area contributed by atoms with Crippen molar-refractivity contribution in [2.45, 2.75) is 30.7 Å². The minimum atomic E-state index is -0.108. The lowest BCUT2D eigenvalue weighted by atomic mass is 10.1. The van der Waals surface area contributed by atoms with E-state index in [2.05, 4.69) is 39.2 Å². The quantitative estimate of drug-likeness (QED) is 0.304. The number of thiophene rings is 2. The molecule has 0 aliphatic carbocycles. The molecule has 0 saturated carbocycles. The Bertz CT molecular complexity index is 1380. The maximum atomic E-state index is 12.8. The van der Waals surface area contributed by atoms with Crippen LogP contribution in [0.15, 0.2) is 57.1 Å². The molecule has 2 N–H and O–H groups in total. The van der Waals surface area contributed by atoms with Gasteiger partial charge in [0.05, 0.1) is 10.6 Å². The van der Waals surface area contributed by atoms with Crippen LogP contribution >= 0.6 is 34.4 Å². The van der Waals surface area contributed by atoms with Gasteiger partial charge in [0.25, 0.3) is 5.56 Å². The standard InChI is InChI=1S/C22H19N5OS3/c1-3-13-6-8-14(9-7-13)19-25-22(27-26-19)31-12(2)18-23-20(28)17-15(11-30-21(17)24-18)16-5-4-10-29-16/h4-12H,3H2,1-2H3,(H,23,24,28)(H,25,26,27)/t12-/m1/s1. The van der Waals surface area contributed by atoms with Crippen molar-refractivity contribution in [2.75, 3.05) is 0 Å². The number of benzene rings is 1. The van der Waals surface area contributed by atoms with Crippen LogP contribution in [0.1, 0.15) is 30.5 Å². The maximum Gasteiger partial charge on any atom is 0.260 e. The molecule has 0 saturated heterocycles. The molecule has 1 atom stereocenters. The number of nitrogens with zero attached hydrogens (tertiary/aromatic N) is 3. The summed E-state index contributed by atoms with van der Waals surface area (Å²) >= 11 is 4.58. The summed E-state index contributed by atoms with van der Waals surface area (Å²) in [5.74, 6) is 1.36. The summed E-state index contributed by atoms with van der Waals surface area (Å²) in [6.07, 6.45) is 1.00. The molecule has 4 aromatic heterocycles. The van der Waals surface area contributed by atoms with Gasteiger partial charge in [0, 0.05) is 21.4 Å². The molecule has 1 aromatic carbocycles. The zero-order chi connectivity index (χ0) is 21.4. The molecule has 0 aliphatic heterocycles. The molecule has 9 heteroatoms. The van der Waals surface area contributed by atoms with Gasteiger partial charge >= 0.3 is 0 Å². The second kappa shape index (κ2) is 8.41. The average molecular weight is 466 g/mol. The Morgan fingerprint density at radius 2 is 1.97 bits per heavy atom. The first kappa shape index (κ1) is 20.2. The van der Waals surface area contributed by atoms with Crippen LogP contribution in [-0.4, -0.2) is 25.1 Å². The lowest BCUT2D eigenvalue weighted by molar-refractivity contribution is 0.906. The molecule has 0 radical (unpaired) electrons. The van der Waals surface area contributed by atoms with Gasteiger partial charge in [0.1, 0.15) is 10.7 Å². The van der Waals surface area contributed by atoms with Gasteiger partial charge in [-0.05, 0) is 30.4 Å². The minimum absolute atomic E-state index is 0.101. The first-order valence-corrected chi connectivity index (χ1v) is 12.5. The Balaban J connectivity index is 1.39. The van der Waals surface area contributed by atoms with Crippen molar-refractivity contribution in [1.29, 1.82) is 0 Å². The SMILES string of the molecule is CCc1ccc(-c2nc(S[C@H](C)c3nc4scc(-c5cccs5)c4c(=O)[nH]3)n[nH]2)cc1. The van der Waals surface area contributed by atoms with Crippen molar-refractivity contribution in [3.8, 4) is 21.8 Å². The van der Waals surface area contributed by atoms with Gasteiger partial charge in [0.15, 0.2) is 5.82 Å². The third-order valence-electron chi connectivity index (χ3n) is 5.02. The molecule has 6 nitrogen and oxygen atoms in total. The molecule has 156 valence electrons. The molecular formula is C22H19N5OS3. The maximum absolute atomic E-state index is 12.8. The fourth-order valence-electron chi connectivity index (χ4n) is 3.31. The molecule has 0 amide bonds. The molecule has 0 unspecified atom stereocenters. The van der Waals surface area contributed by atoms with Crippen LogP contribution in [0.3, 0.4) is 0 Å². The van der Waals surface area contributed by atoms with E-state index in [1.165, 1.54) is 28.7 Å². The zero-order valence-electron chi connectivity index (χ0n) is 16.9. The number of aromatic nitrogens is 5. The Morgan fingerprint density at radius 3 is 2.71 bits per heavy atom. The number of aryl methyl sites for hydroxylation is 1. The number of hydrogen-bond donors (Lipinski definition) is 2. The molecule has 4 heterocycles. The van der Waals surface area contributed by atoms with Crippen LogP contribution < -0.4 is 5.56 Å². The van der Waals surface area contributed by atoms with E-state index in [0.717, 1.165) is 33.1 Å². The smallest absolute Gasteiger partial charge is 0.260 e. The van der Waals surface area contributed by atoms with Gasteiger partial charge < -0.3 is 4.98 Å². The molecule has 0 bridgehead atoms. The molecule has 5 aromatic rings. The predicted molar refractivity (Wildman–Crippen MR) is 129 cm³/mol. The van der Waals surface area contributed by atoms with E-state index in [-0.39, 0.29) is 10.8 Å². The summed E-state index contributed by atoms with van der Waals surface area (Å²) in [4.78, 5) is 27.0. The van der Waals surface area contributed by atoms with Crippen molar-refractivity contribution >= 4 is 44.7 Å². The molecule has 0 fully saturated rings. The van der Waals surface area contributed by atoms with Crippen LogP contribution in [0.25, 0.3) is 32.0 Å². The first-order valence-electron chi connectivity index (χ1n) is 9.86. The lowest BCUT2D eigenvalue weighted by Gasteiger charge is -2.08. The molecule has 5 rings (SSSR count). The third kappa shape index (κ3) is 3.96. The van der Waals surface area contributed by atoms with E-state index in [1.807, 2.05) is 41.9 Å². The Kier molecular flexibility index (Phi) is 5.47. The number of rotatable bonds is 6. The van der Waals surface area contributed by atoms with E-state index < -0.39 is 0 Å². The number of fused-ring (bicyclic) bond motifs is 1. The minimum Gasteiger partial charge on any atom is -0.309 e. The van der Waals surface area contributed by atoms with E-state index in [9.17, 15) is 4.79 Å². The average Bonchev–Trinajstić information content (AvgIpc) is 3.54. The molecule has 0 spiro atoms. The van der Waals surface area contributed by atoms with Crippen molar-refractivity contribution in [2.24, 2.45) is 0 Å². The van der Waals surface area contributed by atoms with Gasteiger partial charge in [-0.15, -0.1) is 27.8 Å². The number of hydrogen-bond acceptors (Lipinski definition) is 7. The molecule has 0 aliphatic rings. The van der Waals surface area contributed by atoms with Crippen LogP contribution in [0.5, 0.6) is 0 Å². The summed E-state index contributed by atoms with van der Waals surface area (Å²) in [5, 5.41) is 12.5. The van der Waals surface area contributed by atoms with Crippen molar-refractivity contribution in [3.63, 3.8) is 0 Å². The Hall–Kier alpha value is -2.75. The van der Waals surface area contributed by atoms with E-state index in [4.69, 9.17) is 4.98 Å². The zero-order valence-corrected chi connectivity index (χ0v) is 19.3. The Morgan fingerprint density at radius 1 is 1.13 bits per heavy atom. The van der Waals surface area contributed by atoms with Gasteiger partial charge in [0.2, 0.25) is 5.16 Å². The summed E-state index contributed by atoms with van der Waals surface area (Å²) in [7, 11) is 0. The van der Waals surface area contributed by atoms with Crippen molar-refractivity contribution < 1.29 is 0 Å². The van der Waals surface area contributed by atoms with Gasteiger partial charge in [-0.2, -0.15) is 0 Å². The number of aromatic amines is 2. The number of thioether (sulfide) groups is 1. The third-order valence-corrected chi connectivity index (χ3v) is 7.76. The normalized spacial score (nSPS) is 12.5. The highest BCUT2D eigenvalue weighted by Crippen LogP contribution is 2.36. The van der Waals surface area contributed by atoms with Gasteiger partial charge in [-0.3, -0.25) is 9.89 Å². The van der Waals surface area contributed by atoms with Crippen LogP contribution in [-0.2, 0) is 6.42 Å². The largest absolute Gasteiger partial charge is 0.309 e. The summed E-state index contributed by atoms with van der Waals surface area (Å²) in [5.41, 5.74) is 3.12. The highest BCUT2D eigenvalue weighted by molar-refractivity contribution is 7.99. The summed E-state index contributed by atoms with van der Waals surface area (Å²) in [6, 6.07) is 12.3. The van der Waals surface area contributed by atoms with Crippen LogP contribution in [0.2, 0.25) is 0 Å². The van der Waals surface area contributed by atoms with Gasteiger partial charge in [-0.25, -0.2) is 9.97 Å². The van der Waals surface area contributed by atoms with Crippen molar-refractivity contribution in [1.82, 2.24) is 25.1 Å². The second-order valence-corrected chi connectivity index (χ2v) is 10.1. The first-order chi connectivity index (χ1) is 15.1. The van der Waals surface area contributed by atoms with Crippen molar-refractivity contribution in [3.05, 3.63) is 68.9 Å². The van der Waals surface area contributed by atoms with E-state index >= 15 is 0 Å². The monoisotopic (exact) mass is 465 g/mol. The summed E-state index contributed by atoms with van der Waals surface area (Å²) in [6.45, 7) is 4.13. The van der Waals surface area contributed by atoms with E-state index in [1.54, 1.807) is 11.3 Å². The molecule has 31 heavy (non-hydrogen) atoms. The topological polar surface area (TPSA) is 87.3 Å². The number of H-pyrrole nitrogens is 2. The summed E-state index contributed by atoms with van der Waals surface area (Å²) < 4.78 is 0. The highest BCUT2D eigenvalue weighted by atomic mass is 32.2. The fourth-order valence-corrected chi connectivity index (χ4v) is 5.86.